The van der Waals surface area contributed by atoms with E-state index in [0.717, 1.165) is 27.9 Å². The van der Waals surface area contributed by atoms with E-state index in [2.05, 4.69) is 41.5 Å². The molecule has 0 aliphatic carbocycles. The number of thioether (sulfide) groups is 1. The van der Waals surface area contributed by atoms with Crippen LogP contribution in [0.1, 0.15) is 16.7 Å². The summed E-state index contributed by atoms with van der Waals surface area (Å²) in [5.41, 5.74) is 4.53. The summed E-state index contributed by atoms with van der Waals surface area (Å²) in [6.07, 6.45) is 0. The number of methoxy groups -OCH3 is 1. The van der Waals surface area contributed by atoms with E-state index in [9.17, 15) is 0 Å². The van der Waals surface area contributed by atoms with Crippen LogP contribution in [0.3, 0.4) is 0 Å². The average Bonchev–Trinajstić information content (AvgIpc) is 3.04. The molecule has 0 spiro atoms. The van der Waals surface area contributed by atoms with Gasteiger partial charge in [-0.25, -0.2) is 0 Å². The van der Waals surface area contributed by atoms with E-state index >= 15 is 0 Å². The first kappa shape index (κ1) is 15.6. The van der Waals surface area contributed by atoms with Crippen molar-refractivity contribution in [3.8, 4) is 11.4 Å². The van der Waals surface area contributed by atoms with Crippen molar-refractivity contribution in [2.75, 3.05) is 7.11 Å². The summed E-state index contributed by atoms with van der Waals surface area (Å²) >= 11 is 1.59. The van der Waals surface area contributed by atoms with Crippen LogP contribution in [0.2, 0.25) is 0 Å². The Morgan fingerprint density at radius 3 is 2.74 bits per heavy atom. The van der Waals surface area contributed by atoms with Gasteiger partial charge >= 0.3 is 0 Å². The molecule has 23 heavy (non-hydrogen) atoms. The number of benzene rings is 2. The van der Waals surface area contributed by atoms with Crippen LogP contribution in [-0.4, -0.2) is 27.3 Å². The molecular weight excluding hydrogens is 308 g/mol. The van der Waals surface area contributed by atoms with Crippen LogP contribution >= 0.6 is 11.8 Å². The average molecular weight is 326 g/mol. The second-order valence-electron chi connectivity index (χ2n) is 5.19. The molecule has 0 fully saturated rings. The summed E-state index contributed by atoms with van der Waals surface area (Å²) in [7, 11) is 1.68. The number of aromatic nitrogens is 4. The molecule has 0 saturated heterocycles. The van der Waals surface area contributed by atoms with Gasteiger partial charge in [-0.05, 0) is 47.5 Å². The van der Waals surface area contributed by atoms with Crippen molar-refractivity contribution in [1.82, 2.24) is 20.2 Å². The minimum atomic E-state index is 0.745. The maximum atomic E-state index is 5.39. The molecule has 0 atom stereocenters. The zero-order valence-corrected chi connectivity index (χ0v) is 14.2. The lowest BCUT2D eigenvalue weighted by atomic mass is 10.1. The van der Waals surface area contributed by atoms with Crippen molar-refractivity contribution in [3.63, 3.8) is 0 Å². The van der Waals surface area contributed by atoms with Crippen molar-refractivity contribution < 1.29 is 4.74 Å². The molecule has 2 aromatic carbocycles. The summed E-state index contributed by atoms with van der Waals surface area (Å²) in [5, 5.41) is 12.9. The van der Waals surface area contributed by atoms with Crippen LogP contribution in [0.15, 0.2) is 47.6 Å². The van der Waals surface area contributed by atoms with Crippen LogP contribution in [0.25, 0.3) is 5.69 Å². The third-order valence-electron chi connectivity index (χ3n) is 3.79. The van der Waals surface area contributed by atoms with E-state index in [1.165, 1.54) is 11.1 Å². The Balaban J connectivity index is 1.86. The van der Waals surface area contributed by atoms with Crippen LogP contribution < -0.4 is 4.74 Å². The molecule has 0 amide bonds. The second-order valence-corrected chi connectivity index (χ2v) is 6.14. The van der Waals surface area contributed by atoms with Crippen LogP contribution in [0.5, 0.6) is 5.75 Å². The second kappa shape index (κ2) is 6.83. The van der Waals surface area contributed by atoms with Gasteiger partial charge in [0.15, 0.2) is 0 Å². The van der Waals surface area contributed by atoms with Gasteiger partial charge in [-0.15, -0.1) is 5.10 Å². The summed E-state index contributed by atoms with van der Waals surface area (Å²) in [5.74, 6) is 1.63. The Bertz CT molecular complexity index is 816. The lowest BCUT2D eigenvalue weighted by molar-refractivity contribution is 0.411. The Morgan fingerprint density at radius 2 is 1.91 bits per heavy atom. The van der Waals surface area contributed by atoms with Crippen molar-refractivity contribution in [2.45, 2.75) is 24.8 Å². The first-order chi connectivity index (χ1) is 11.2. The first-order valence-electron chi connectivity index (χ1n) is 7.30. The van der Waals surface area contributed by atoms with Gasteiger partial charge in [0.2, 0.25) is 5.16 Å². The number of hydrogen-bond donors (Lipinski definition) is 0. The predicted molar refractivity (Wildman–Crippen MR) is 91.2 cm³/mol. The molecule has 0 saturated carbocycles. The number of aryl methyl sites for hydroxylation is 1. The molecule has 3 aromatic rings. The highest BCUT2D eigenvalue weighted by Gasteiger charge is 2.13. The third kappa shape index (κ3) is 3.22. The van der Waals surface area contributed by atoms with Gasteiger partial charge in [-0.3, -0.25) is 0 Å². The molecule has 1 aromatic heterocycles. The van der Waals surface area contributed by atoms with E-state index in [0.29, 0.717) is 0 Å². The highest BCUT2D eigenvalue weighted by Crippen LogP contribution is 2.28. The molecule has 1 heterocycles. The van der Waals surface area contributed by atoms with E-state index in [1.54, 1.807) is 23.6 Å². The van der Waals surface area contributed by atoms with Gasteiger partial charge in [0.1, 0.15) is 5.75 Å². The van der Waals surface area contributed by atoms with Crippen molar-refractivity contribution >= 4 is 11.8 Å². The van der Waals surface area contributed by atoms with E-state index in [1.807, 2.05) is 30.3 Å². The first-order valence-corrected chi connectivity index (χ1v) is 8.29. The quantitative estimate of drug-likeness (QED) is 0.671. The molecule has 0 aliphatic rings. The summed E-state index contributed by atoms with van der Waals surface area (Å²) < 4.78 is 7.19. The zero-order chi connectivity index (χ0) is 16.2. The maximum absolute atomic E-state index is 5.39. The van der Waals surface area contributed by atoms with Gasteiger partial charge < -0.3 is 4.74 Å². The van der Waals surface area contributed by atoms with E-state index in [-0.39, 0.29) is 0 Å². The van der Waals surface area contributed by atoms with Crippen LogP contribution in [-0.2, 0) is 5.75 Å². The monoisotopic (exact) mass is 326 g/mol. The van der Waals surface area contributed by atoms with Crippen LogP contribution in [0.4, 0.5) is 0 Å². The van der Waals surface area contributed by atoms with Gasteiger partial charge in [0.05, 0.1) is 12.8 Å². The Hall–Kier alpha value is -2.34. The maximum Gasteiger partial charge on any atom is 0.214 e. The predicted octanol–water partition coefficient (Wildman–Crippen LogP) is 3.58. The fraction of sp³-hybridized carbons (Fsp3) is 0.235. The van der Waals surface area contributed by atoms with E-state index < -0.39 is 0 Å². The molecule has 0 radical (unpaired) electrons. The standard InChI is InChI=1S/C17H18N4OS/c1-12-7-6-9-15(13(12)2)21-17(18-19-20-21)23-11-14-8-4-5-10-16(14)22-3/h4-10H,11H2,1-3H3. The summed E-state index contributed by atoms with van der Waals surface area (Å²) in [4.78, 5) is 0. The van der Waals surface area contributed by atoms with Crippen molar-refractivity contribution in [1.29, 1.82) is 0 Å². The van der Waals surface area contributed by atoms with E-state index in [4.69, 9.17) is 4.74 Å². The fourth-order valence-electron chi connectivity index (χ4n) is 2.35. The Morgan fingerprint density at radius 1 is 1.09 bits per heavy atom. The summed E-state index contributed by atoms with van der Waals surface area (Å²) in [6.45, 7) is 4.17. The molecule has 0 bridgehead atoms. The Kier molecular flexibility index (Phi) is 4.62. The Labute approximate surface area is 139 Å². The van der Waals surface area contributed by atoms with Crippen molar-refractivity contribution in [3.05, 3.63) is 59.2 Å². The zero-order valence-electron chi connectivity index (χ0n) is 13.4. The minimum absolute atomic E-state index is 0.745. The molecule has 0 N–H and O–H groups in total. The van der Waals surface area contributed by atoms with Gasteiger partial charge in [-0.2, -0.15) is 4.68 Å². The lowest BCUT2D eigenvalue weighted by Gasteiger charge is -2.10. The van der Waals surface area contributed by atoms with Gasteiger partial charge in [-0.1, -0.05) is 42.1 Å². The van der Waals surface area contributed by atoms with Crippen molar-refractivity contribution in [2.24, 2.45) is 0 Å². The molecule has 6 heteroatoms. The highest BCUT2D eigenvalue weighted by molar-refractivity contribution is 7.98. The third-order valence-corrected chi connectivity index (χ3v) is 4.76. The molecule has 118 valence electrons. The number of nitrogens with zero attached hydrogens (tertiary/aromatic N) is 4. The normalized spacial score (nSPS) is 10.7. The van der Waals surface area contributed by atoms with Crippen LogP contribution in [0, 0.1) is 13.8 Å². The molecule has 0 aliphatic heterocycles. The van der Waals surface area contributed by atoms with Gasteiger partial charge in [0.25, 0.3) is 0 Å². The molecular formula is C17H18N4OS. The number of para-hydroxylation sites is 1. The molecule has 0 unspecified atom stereocenters. The number of tetrazole rings is 1. The lowest BCUT2D eigenvalue weighted by Crippen LogP contribution is -2.02. The molecule has 5 nitrogen and oxygen atoms in total. The number of hydrogen-bond acceptors (Lipinski definition) is 5. The minimum Gasteiger partial charge on any atom is -0.496 e. The topological polar surface area (TPSA) is 52.8 Å². The van der Waals surface area contributed by atoms with Gasteiger partial charge in [0, 0.05) is 11.3 Å². The smallest absolute Gasteiger partial charge is 0.214 e. The highest BCUT2D eigenvalue weighted by atomic mass is 32.2. The largest absolute Gasteiger partial charge is 0.496 e. The number of ether oxygens (including phenoxy) is 1. The summed E-state index contributed by atoms with van der Waals surface area (Å²) in [6, 6.07) is 14.1. The molecule has 3 rings (SSSR count). The SMILES string of the molecule is COc1ccccc1CSc1nnnn1-c1cccc(C)c1C. The fourth-order valence-corrected chi connectivity index (χ4v) is 3.22. The number of rotatable bonds is 5.